The lowest BCUT2D eigenvalue weighted by molar-refractivity contribution is -0.118. The van der Waals surface area contributed by atoms with Crippen LogP contribution in [0.4, 0.5) is 5.69 Å². The Bertz CT molecular complexity index is 670. The quantitative estimate of drug-likeness (QED) is 0.858. The number of carbonyl (C=O) groups is 1. The number of anilines is 1. The minimum Gasteiger partial charge on any atom is -0.482 e. The van der Waals surface area contributed by atoms with Gasteiger partial charge < -0.3 is 10.1 Å². The van der Waals surface area contributed by atoms with Crippen molar-refractivity contribution >= 4 is 33.2 Å². The third-order valence-corrected chi connectivity index (χ3v) is 5.59. The van der Waals surface area contributed by atoms with Gasteiger partial charge in [-0.3, -0.25) is 4.79 Å². The van der Waals surface area contributed by atoms with Crippen molar-refractivity contribution in [3.8, 4) is 5.75 Å². The van der Waals surface area contributed by atoms with Crippen LogP contribution in [-0.2, 0) is 14.8 Å². The Morgan fingerprint density at radius 2 is 1.91 bits per heavy atom. The molecule has 0 aliphatic carbocycles. The molecule has 8 heteroatoms. The summed E-state index contributed by atoms with van der Waals surface area (Å²) in [5, 5.41) is 2.67. The van der Waals surface area contributed by atoms with E-state index in [0.29, 0.717) is 37.4 Å². The Morgan fingerprint density at radius 1 is 1.27 bits per heavy atom. The number of amides is 1. The second kappa shape index (κ2) is 6.85. The normalized spacial score (nSPS) is 14.5. The Labute approximate surface area is 135 Å². The Morgan fingerprint density at radius 3 is 2.50 bits per heavy atom. The van der Waals surface area contributed by atoms with E-state index in [1.807, 2.05) is 13.8 Å². The molecule has 0 aromatic heterocycles. The molecule has 0 saturated heterocycles. The number of fused-ring (bicyclic) bond motifs is 1. The SMILES string of the molecule is CCCN(CCC)S(=O)(=O)c1cc2c(cc1Cl)NC(=O)CO2. The molecular weight excluding hydrogens is 328 g/mol. The number of ether oxygens (including phenoxy) is 1. The molecule has 0 radical (unpaired) electrons. The van der Waals surface area contributed by atoms with Crippen LogP contribution in [-0.4, -0.2) is 38.3 Å². The molecular formula is C14H19ClN2O4S. The number of hydrogen-bond acceptors (Lipinski definition) is 4. The largest absolute Gasteiger partial charge is 0.482 e. The molecule has 0 spiro atoms. The predicted octanol–water partition coefficient (Wildman–Crippen LogP) is 2.48. The van der Waals surface area contributed by atoms with Crippen LogP contribution in [0.15, 0.2) is 17.0 Å². The van der Waals surface area contributed by atoms with Gasteiger partial charge >= 0.3 is 0 Å². The average Bonchev–Trinajstić information content (AvgIpc) is 2.46. The molecule has 0 atom stereocenters. The minimum absolute atomic E-state index is 0.00552. The number of carbonyl (C=O) groups excluding carboxylic acids is 1. The third-order valence-electron chi connectivity index (χ3n) is 3.23. The summed E-state index contributed by atoms with van der Waals surface area (Å²) in [6.45, 7) is 4.57. The minimum atomic E-state index is -3.69. The fourth-order valence-electron chi connectivity index (χ4n) is 2.27. The lowest BCUT2D eigenvalue weighted by Gasteiger charge is -2.24. The molecule has 0 bridgehead atoms. The standard InChI is InChI=1S/C14H19ClN2O4S/c1-3-5-17(6-4-2)22(19,20)13-8-12-11(7-10(13)15)16-14(18)9-21-12/h7-8H,3-6,9H2,1-2H3,(H,16,18). The third kappa shape index (κ3) is 3.37. The first kappa shape index (κ1) is 17.1. The van der Waals surface area contributed by atoms with Gasteiger partial charge in [-0.2, -0.15) is 4.31 Å². The van der Waals surface area contributed by atoms with Crippen LogP contribution in [0.25, 0.3) is 0 Å². The predicted molar refractivity (Wildman–Crippen MR) is 84.9 cm³/mol. The van der Waals surface area contributed by atoms with E-state index in [0.717, 1.165) is 0 Å². The van der Waals surface area contributed by atoms with Crippen LogP contribution in [0.3, 0.4) is 0 Å². The van der Waals surface area contributed by atoms with Crippen molar-refractivity contribution in [3.63, 3.8) is 0 Å². The van der Waals surface area contributed by atoms with Crippen LogP contribution < -0.4 is 10.1 Å². The molecule has 2 rings (SSSR count). The summed E-state index contributed by atoms with van der Waals surface area (Å²) >= 11 is 6.13. The highest BCUT2D eigenvalue weighted by Crippen LogP contribution is 2.36. The van der Waals surface area contributed by atoms with Gasteiger partial charge in [0.15, 0.2) is 6.61 Å². The maximum atomic E-state index is 12.8. The second-order valence-electron chi connectivity index (χ2n) is 5.02. The number of halogens is 1. The maximum Gasteiger partial charge on any atom is 0.262 e. The summed E-state index contributed by atoms with van der Waals surface area (Å²) in [5.41, 5.74) is 0.387. The molecule has 1 aliphatic heterocycles. The number of rotatable bonds is 6. The van der Waals surface area contributed by atoms with Gasteiger partial charge in [0.05, 0.1) is 10.7 Å². The Kier molecular flexibility index (Phi) is 5.31. The van der Waals surface area contributed by atoms with E-state index >= 15 is 0 Å². The lowest BCUT2D eigenvalue weighted by atomic mass is 10.2. The zero-order valence-corrected chi connectivity index (χ0v) is 14.1. The second-order valence-corrected chi connectivity index (χ2v) is 7.33. The zero-order chi connectivity index (χ0) is 16.3. The van der Waals surface area contributed by atoms with Crippen molar-refractivity contribution in [2.45, 2.75) is 31.6 Å². The van der Waals surface area contributed by atoms with Crippen molar-refractivity contribution in [2.75, 3.05) is 25.0 Å². The fourth-order valence-corrected chi connectivity index (χ4v) is 4.41. The van der Waals surface area contributed by atoms with Crippen LogP contribution in [0.5, 0.6) is 5.75 Å². The molecule has 1 N–H and O–H groups in total. The lowest BCUT2D eigenvalue weighted by Crippen LogP contribution is -2.33. The van der Waals surface area contributed by atoms with E-state index in [9.17, 15) is 13.2 Å². The van der Waals surface area contributed by atoms with Gasteiger partial charge in [-0.25, -0.2) is 8.42 Å². The molecule has 1 aromatic rings. The number of nitrogens with one attached hydrogen (secondary N) is 1. The first-order valence-corrected chi connectivity index (χ1v) is 8.98. The molecule has 22 heavy (non-hydrogen) atoms. The first-order valence-electron chi connectivity index (χ1n) is 7.16. The number of nitrogens with zero attached hydrogens (tertiary/aromatic N) is 1. The van der Waals surface area contributed by atoms with Gasteiger partial charge in [0.1, 0.15) is 10.6 Å². The molecule has 6 nitrogen and oxygen atoms in total. The van der Waals surface area contributed by atoms with E-state index in [-0.39, 0.29) is 22.4 Å². The molecule has 122 valence electrons. The van der Waals surface area contributed by atoms with Crippen LogP contribution in [0.1, 0.15) is 26.7 Å². The van der Waals surface area contributed by atoms with Gasteiger partial charge in [-0.05, 0) is 18.9 Å². The highest BCUT2D eigenvalue weighted by molar-refractivity contribution is 7.89. The van der Waals surface area contributed by atoms with Crippen LogP contribution >= 0.6 is 11.6 Å². The molecule has 1 aliphatic rings. The molecule has 0 saturated carbocycles. The molecule has 1 heterocycles. The Balaban J connectivity index is 2.44. The van der Waals surface area contributed by atoms with E-state index in [4.69, 9.17) is 16.3 Å². The molecule has 1 amide bonds. The van der Waals surface area contributed by atoms with Crippen molar-refractivity contribution < 1.29 is 17.9 Å². The van der Waals surface area contributed by atoms with Crippen molar-refractivity contribution in [1.29, 1.82) is 0 Å². The van der Waals surface area contributed by atoms with Gasteiger partial charge in [0.25, 0.3) is 5.91 Å². The zero-order valence-electron chi connectivity index (χ0n) is 12.6. The van der Waals surface area contributed by atoms with Crippen molar-refractivity contribution in [2.24, 2.45) is 0 Å². The van der Waals surface area contributed by atoms with Gasteiger partial charge in [-0.1, -0.05) is 25.4 Å². The van der Waals surface area contributed by atoms with Gasteiger partial charge in [-0.15, -0.1) is 0 Å². The van der Waals surface area contributed by atoms with Gasteiger partial charge in [0, 0.05) is 19.2 Å². The Hall–Kier alpha value is -1.31. The smallest absolute Gasteiger partial charge is 0.262 e. The van der Waals surface area contributed by atoms with Gasteiger partial charge in [0.2, 0.25) is 10.0 Å². The van der Waals surface area contributed by atoms with E-state index in [2.05, 4.69) is 5.32 Å². The molecule has 1 aromatic carbocycles. The fraction of sp³-hybridized carbons (Fsp3) is 0.500. The number of hydrogen-bond donors (Lipinski definition) is 1. The van der Waals surface area contributed by atoms with E-state index in [1.54, 1.807) is 0 Å². The molecule has 0 unspecified atom stereocenters. The number of sulfonamides is 1. The maximum absolute atomic E-state index is 12.8. The van der Waals surface area contributed by atoms with Crippen LogP contribution in [0, 0.1) is 0 Å². The highest BCUT2D eigenvalue weighted by atomic mass is 35.5. The summed E-state index contributed by atoms with van der Waals surface area (Å²) in [5.74, 6) is 0.0216. The topological polar surface area (TPSA) is 75.7 Å². The summed E-state index contributed by atoms with van der Waals surface area (Å²) in [7, 11) is -3.69. The summed E-state index contributed by atoms with van der Waals surface area (Å²) in [4.78, 5) is 11.3. The summed E-state index contributed by atoms with van der Waals surface area (Å²) in [6.07, 6.45) is 1.43. The van der Waals surface area contributed by atoms with E-state index in [1.165, 1.54) is 16.4 Å². The monoisotopic (exact) mass is 346 g/mol. The summed E-state index contributed by atoms with van der Waals surface area (Å²) in [6, 6.07) is 2.79. The average molecular weight is 347 g/mol. The van der Waals surface area contributed by atoms with Crippen LogP contribution in [0.2, 0.25) is 5.02 Å². The summed E-state index contributed by atoms with van der Waals surface area (Å²) < 4.78 is 32.3. The number of benzene rings is 1. The van der Waals surface area contributed by atoms with E-state index < -0.39 is 10.0 Å². The van der Waals surface area contributed by atoms with Crippen molar-refractivity contribution in [3.05, 3.63) is 17.2 Å². The first-order chi connectivity index (χ1) is 10.4. The molecule has 0 fully saturated rings. The van der Waals surface area contributed by atoms with Crippen molar-refractivity contribution in [1.82, 2.24) is 4.31 Å². The highest BCUT2D eigenvalue weighted by Gasteiger charge is 2.28.